The van der Waals surface area contributed by atoms with Gasteiger partial charge in [-0.25, -0.2) is 4.39 Å². The molecule has 0 radical (unpaired) electrons. The molecule has 0 aliphatic carbocycles. The molecule has 1 fully saturated rings. The lowest BCUT2D eigenvalue weighted by molar-refractivity contribution is -0.144. The fourth-order valence-corrected chi connectivity index (χ4v) is 3.00. The molecule has 1 aromatic rings. The second-order valence-electron chi connectivity index (χ2n) is 6.15. The molecule has 134 valence electrons. The van der Waals surface area contributed by atoms with Crippen LogP contribution >= 0.6 is 12.4 Å². The van der Waals surface area contributed by atoms with Crippen molar-refractivity contribution in [2.45, 2.75) is 32.4 Å². The number of likely N-dealkylation sites (N-methyl/N-ethyl adjacent to an activating group) is 1. The van der Waals surface area contributed by atoms with Crippen molar-refractivity contribution in [3.05, 3.63) is 35.6 Å². The molecule has 1 aromatic carbocycles. The third kappa shape index (κ3) is 5.18. The smallest absolute Gasteiger partial charge is 0.306 e. The number of hydrogen-bond donors (Lipinski definition) is 1. The minimum absolute atomic E-state index is 0. The van der Waals surface area contributed by atoms with Gasteiger partial charge in [-0.15, -0.1) is 12.4 Å². The van der Waals surface area contributed by atoms with E-state index >= 15 is 0 Å². The molecule has 7 heteroatoms. The van der Waals surface area contributed by atoms with E-state index in [2.05, 4.69) is 0 Å². The van der Waals surface area contributed by atoms with Crippen LogP contribution in [0.3, 0.4) is 0 Å². The van der Waals surface area contributed by atoms with Gasteiger partial charge in [-0.05, 0) is 50.6 Å². The summed E-state index contributed by atoms with van der Waals surface area (Å²) < 4.78 is 13.2. The first-order chi connectivity index (χ1) is 10.9. The number of halogens is 2. The lowest BCUT2D eigenvalue weighted by Crippen LogP contribution is -2.49. The van der Waals surface area contributed by atoms with Crippen molar-refractivity contribution in [1.29, 1.82) is 0 Å². The van der Waals surface area contributed by atoms with E-state index in [9.17, 15) is 14.0 Å². The first kappa shape index (κ1) is 20.4. The summed E-state index contributed by atoms with van der Waals surface area (Å²) in [5.74, 6) is -1.42. The van der Waals surface area contributed by atoms with E-state index < -0.39 is 5.97 Å². The molecule has 0 aromatic heterocycles. The molecule has 0 bridgehead atoms. The monoisotopic (exact) mass is 358 g/mol. The zero-order valence-electron chi connectivity index (χ0n) is 13.9. The SMILES string of the molecule is CC(C(=O)N(C)Cc1cccc(F)c1)N1CCC(C(=O)O)CC1.Cl. The third-order valence-corrected chi connectivity index (χ3v) is 4.47. The summed E-state index contributed by atoms with van der Waals surface area (Å²) in [6.07, 6.45) is 1.14. The molecule has 1 unspecified atom stereocenters. The van der Waals surface area contributed by atoms with Gasteiger partial charge in [0, 0.05) is 13.6 Å². The van der Waals surface area contributed by atoms with Crippen LogP contribution in [0.1, 0.15) is 25.3 Å². The summed E-state index contributed by atoms with van der Waals surface area (Å²) in [6, 6.07) is 5.91. The summed E-state index contributed by atoms with van der Waals surface area (Å²) in [6.45, 7) is 3.41. The molecular weight excluding hydrogens is 335 g/mol. The van der Waals surface area contributed by atoms with Crippen molar-refractivity contribution >= 4 is 24.3 Å². The molecule has 1 amide bonds. The van der Waals surface area contributed by atoms with Gasteiger partial charge in [0.25, 0.3) is 0 Å². The second-order valence-corrected chi connectivity index (χ2v) is 6.15. The highest BCUT2D eigenvalue weighted by molar-refractivity contribution is 5.85. The Morgan fingerprint density at radius 3 is 2.54 bits per heavy atom. The van der Waals surface area contributed by atoms with Crippen molar-refractivity contribution in [2.24, 2.45) is 5.92 Å². The molecule has 0 saturated carbocycles. The van der Waals surface area contributed by atoms with Crippen LogP contribution in [0, 0.1) is 11.7 Å². The average molecular weight is 359 g/mol. The van der Waals surface area contributed by atoms with E-state index in [1.54, 1.807) is 24.1 Å². The number of aliphatic carboxylic acids is 1. The number of carbonyl (C=O) groups is 2. The Kier molecular flexibility index (Phi) is 7.63. The highest BCUT2D eigenvalue weighted by Crippen LogP contribution is 2.20. The fourth-order valence-electron chi connectivity index (χ4n) is 3.00. The average Bonchev–Trinajstić information content (AvgIpc) is 2.53. The van der Waals surface area contributed by atoms with E-state index in [1.165, 1.54) is 12.1 Å². The molecule has 1 N–H and O–H groups in total. The van der Waals surface area contributed by atoms with Crippen LogP contribution in [-0.4, -0.2) is 53.0 Å². The van der Waals surface area contributed by atoms with E-state index in [-0.39, 0.29) is 36.1 Å². The maximum atomic E-state index is 13.2. The van der Waals surface area contributed by atoms with Crippen LogP contribution < -0.4 is 0 Å². The second kappa shape index (κ2) is 8.99. The van der Waals surface area contributed by atoms with Crippen molar-refractivity contribution in [3.8, 4) is 0 Å². The Labute approximate surface area is 147 Å². The number of carboxylic acid groups (broad SMARTS) is 1. The van der Waals surface area contributed by atoms with Crippen molar-refractivity contribution < 1.29 is 19.1 Å². The Balaban J connectivity index is 0.00000288. The van der Waals surface area contributed by atoms with Gasteiger partial charge in [0.05, 0.1) is 12.0 Å². The highest BCUT2D eigenvalue weighted by Gasteiger charge is 2.30. The number of piperidine rings is 1. The minimum atomic E-state index is -0.758. The van der Waals surface area contributed by atoms with Crippen molar-refractivity contribution in [1.82, 2.24) is 9.80 Å². The molecule has 1 saturated heterocycles. The normalized spacial score (nSPS) is 17.0. The van der Waals surface area contributed by atoms with E-state index in [0.29, 0.717) is 32.5 Å². The van der Waals surface area contributed by atoms with Gasteiger partial charge in [-0.1, -0.05) is 12.1 Å². The van der Waals surface area contributed by atoms with Gasteiger partial charge < -0.3 is 10.0 Å². The summed E-state index contributed by atoms with van der Waals surface area (Å²) in [5.41, 5.74) is 0.748. The number of likely N-dealkylation sites (tertiary alicyclic amines) is 1. The third-order valence-electron chi connectivity index (χ3n) is 4.47. The number of hydrogen-bond acceptors (Lipinski definition) is 3. The van der Waals surface area contributed by atoms with Crippen LogP contribution in [0.4, 0.5) is 4.39 Å². The zero-order chi connectivity index (χ0) is 17.0. The van der Waals surface area contributed by atoms with Gasteiger partial charge in [0.1, 0.15) is 5.82 Å². The van der Waals surface area contributed by atoms with Gasteiger partial charge in [0.15, 0.2) is 0 Å². The molecule has 5 nitrogen and oxygen atoms in total. The van der Waals surface area contributed by atoms with Crippen LogP contribution in [0.5, 0.6) is 0 Å². The Bertz CT molecular complexity index is 577. The van der Waals surface area contributed by atoms with Crippen molar-refractivity contribution in [3.63, 3.8) is 0 Å². The molecule has 1 heterocycles. The molecule has 1 atom stereocenters. The first-order valence-corrected chi connectivity index (χ1v) is 7.84. The predicted octanol–water partition coefficient (Wildman–Crippen LogP) is 2.39. The molecule has 0 spiro atoms. The maximum Gasteiger partial charge on any atom is 0.306 e. The highest BCUT2D eigenvalue weighted by atomic mass is 35.5. The Hall–Kier alpha value is -1.66. The molecule has 1 aliphatic heterocycles. The Morgan fingerprint density at radius 1 is 1.38 bits per heavy atom. The number of benzene rings is 1. The van der Waals surface area contributed by atoms with Gasteiger partial charge in [0.2, 0.25) is 5.91 Å². The number of carboxylic acids is 1. The molecule has 24 heavy (non-hydrogen) atoms. The first-order valence-electron chi connectivity index (χ1n) is 7.84. The zero-order valence-corrected chi connectivity index (χ0v) is 14.8. The van der Waals surface area contributed by atoms with Crippen LogP contribution in [0.25, 0.3) is 0 Å². The largest absolute Gasteiger partial charge is 0.481 e. The van der Waals surface area contributed by atoms with Crippen LogP contribution in [0.2, 0.25) is 0 Å². The predicted molar refractivity (Wildman–Crippen MR) is 91.5 cm³/mol. The quantitative estimate of drug-likeness (QED) is 0.878. The molecule has 2 rings (SSSR count). The standard InChI is InChI=1S/C17H23FN2O3.ClH/c1-12(20-8-6-14(7-9-20)17(22)23)16(21)19(2)11-13-4-3-5-15(18)10-13;/h3-5,10,12,14H,6-9,11H2,1-2H3,(H,22,23);1H. The lowest BCUT2D eigenvalue weighted by Gasteiger charge is -2.35. The van der Waals surface area contributed by atoms with Crippen LogP contribution in [0.15, 0.2) is 24.3 Å². The lowest BCUT2D eigenvalue weighted by atomic mass is 9.96. The number of amides is 1. The summed E-state index contributed by atoms with van der Waals surface area (Å²) in [5, 5.41) is 9.02. The topological polar surface area (TPSA) is 60.9 Å². The van der Waals surface area contributed by atoms with Crippen molar-refractivity contribution in [2.75, 3.05) is 20.1 Å². The number of nitrogens with zero attached hydrogens (tertiary/aromatic N) is 2. The van der Waals surface area contributed by atoms with Gasteiger partial charge in [-0.3, -0.25) is 14.5 Å². The van der Waals surface area contributed by atoms with Gasteiger partial charge in [-0.2, -0.15) is 0 Å². The molecular formula is C17H24ClFN2O3. The summed E-state index contributed by atoms with van der Waals surface area (Å²) >= 11 is 0. The Morgan fingerprint density at radius 2 is 2.00 bits per heavy atom. The van der Waals surface area contributed by atoms with E-state index in [4.69, 9.17) is 5.11 Å². The van der Waals surface area contributed by atoms with E-state index in [1.807, 2.05) is 11.8 Å². The van der Waals surface area contributed by atoms with E-state index in [0.717, 1.165) is 5.56 Å². The maximum absolute atomic E-state index is 13.2. The summed E-state index contributed by atoms with van der Waals surface area (Å²) in [7, 11) is 1.70. The number of rotatable bonds is 5. The van der Waals surface area contributed by atoms with Gasteiger partial charge >= 0.3 is 5.97 Å². The van der Waals surface area contributed by atoms with Crippen LogP contribution in [-0.2, 0) is 16.1 Å². The minimum Gasteiger partial charge on any atom is -0.481 e. The fraction of sp³-hybridized carbons (Fsp3) is 0.529. The number of carbonyl (C=O) groups excluding carboxylic acids is 1. The summed E-state index contributed by atoms with van der Waals surface area (Å²) in [4.78, 5) is 27.1. The molecule has 1 aliphatic rings.